The number of likely N-dealkylation sites (N-methyl/N-ethyl adjacent to an activating group) is 1. The zero-order chi connectivity index (χ0) is 29.4. The van der Waals surface area contributed by atoms with Gasteiger partial charge in [-0.05, 0) is 61.5 Å². The Morgan fingerprint density at radius 1 is 1.08 bits per heavy atom. The van der Waals surface area contributed by atoms with E-state index in [2.05, 4.69) is 58.8 Å². The maximum Gasteiger partial charge on any atom is 0.245 e. The number of hydrogen-bond donors (Lipinski definition) is 1. The van der Waals surface area contributed by atoms with Crippen molar-refractivity contribution >= 4 is 17.5 Å². The number of carbonyl (C=O) groups is 2. The molecule has 218 valence electrons. The summed E-state index contributed by atoms with van der Waals surface area (Å²) in [4.78, 5) is 33.3. The first-order chi connectivity index (χ1) is 17.8. The van der Waals surface area contributed by atoms with Gasteiger partial charge >= 0.3 is 0 Å². The van der Waals surface area contributed by atoms with Crippen LogP contribution in [0.2, 0.25) is 0 Å². The summed E-state index contributed by atoms with van der Waals surface area (Å²) in [7, 11) is 5.38. The van der Waals surface area contributed by atoms with Gasteiger partial charge in [0.25, 0.3) is 0 Å². The fraction of sp³-hybridized carbons (Fsp3) is 0.710. The van der Waals surface area contributed by atoms with Crippen molar-refractivity contribution in [3.05, 3.63) is 35.1 Å². The van der Waals surface area contributed by atoms with E-state index in [0.717, 1.165) is 43.1 Å². The molecule has 0 saturated carbocycles. The van der Waals surface area contributed by atoms with Crippen molar-refractivity contribution in [2.24, 2.45) is 16.8 Å². The predicted molar refractivity (Wildman–Crippen MR) is 160 cm³/mol. The number of unbranched alkanes of at least 4 members (excludes halogenated alkanes) is 1. The van der Waals surface area contributed by atoms with E-state index < -0.39 is 6.04 Å². The first-order valence-corrected chi connectivity index (χ1v) is 14.3. The second kappa shape index (κ2) is 18.9. The van der Waals surface area contributed by atoms with Gasteiger partial charge in [-0.1, -0.05) is 74.3 Å². The van der Waals surface area contributed by atoms with Gasteiger partial charge in [0.15, 0.2) is 0 Å². The maximum atomic E-state index is 14.2. The Morgan fingerprint density at radius 2 is 1.66 bits per heavy atom. The third kappa shape index (κ3) is 13.5. The summed E-state index contributed by atoms with van der Waals surface area (Å²) in [5, 5.41) is 2.75. The molecule has 38 heavy (non-hydrogen) atoms. The molecule has 2 unspecified atom stereocenters. The van der Waals surface area contributed by atoms with Crippen LogP contribution in [0.25, 0.3) is 0 Å². The van der Waals surface area contributed by atoms with Crippen molar-refractivity contribution < 1.29 is 14.0 Å². The summed E-state index contributed by atoms with van der Waals surface area (Å²) in [6.45, 7) is 18.5. The largest absolute Gasteiger partial charge is 0.347 e. The van der Waals surface area contributed by atoms with Gasteiger partial charge in [0.1, 0.15) is 11.9 Å². The number of benzene rings is 1. The lowest BCUT2D eigenvalue weighted by molar-refractivity contribution is -0.131. The van der Waals surface area contributed by atoms with Crippen LogP contribution in [0.15, 0.2) is 23.2 Å². The minimum atomic E-state index is -0.554. The summed E-state index contributed by atoms with van der Waals surface area (Å²) in [6, 6.07) is 4.53. The van der Waals surface area contributed by atoms with Crippen molar-refractivity contribution in [3.8, 4) is 0 Å². The van der Waals surface area contributed by atoms with Crippen LogP contribution in [0.1, 0.15) is 98.1 Å². The normalized spacial score (nSPS) is 16.4. The third-order valence-electron chi connectivity index (χ3n) is 5.77. The van der Waals surface area contributed by atoms with Crippen molar-refractivity contribution in [2.75, 3.05) is 40.8 Å². The van der Waals surface area contributed by atoms with E-state index in [1.165, 1.54) is 17.4 Å². The average Bonchev–Trinajstić information content (AvgIpc) is 3.24. The van der Waals surface area contributed by atoms with E-state index in [9.17, 15) is 14.0 Å². The molecule has 0 radical (unpaired) electrons. The molecule has 1 heterocycles. The van der Waals surface area contributed by atoms with E-state index in [4.69, 9.17) is 4.99 Å². The number of amides is 2. The topological polar surface area (TPSA) is 65.0 Å². The van der Waals surface area contributed by atoms with E-state index in [1.807, 2.05) is 19.9 Å². The standard InChI is InChI=1S/C24H37FN4O2.C4H10.C3H8/c1-7-8-11-29(6)15-18-13-21(17-9-10-20(25)19(12-17)16(2)3)27-23(18)24(31)26-14-22(30)28(4)5;1-4(2)3;1-3-2/h9-10,12,16,18,23H,7-8,11,13-15H2,1-6H3,(H,26,31);4H,1-3H3;3H2,1-2H3. The van der Waals surface area contributed by atoms with E-state index >= 15 is 0 Å². The molecule has 0 fully saturated rings. The molecule has 7 heteroatoms. The van der Waals surface area contributed by atoms with E-state index in [-0.39, 0.29) is 36.0 Å². The zero-order valence-corrected chi connectivity index (χ0v) is 26.0. The Labute approximate surface area is 232 Å². The summed E-state index contributed by atoms with van der Waals surface area (Å²) >= 11 is 0. The Bertz CT molecular complexity index is 865. The van der Waals surface area contributed by atoms with Crippen molar-refractivity contribution in [3.63, 3.8) is 0 Å². The Kier molecular flexibility index (Phi) is 17.8. The van der Waals surface area contributed by atoms with Crippen molar-refractivity contribution in [2.45, 2.75) is 93.0 Å². The molecular weight excluding hydrogens is 479 g/mol. The molecule has 1 aromatic rings. The van der Waals surface area contributed by atoms with Gasteiger partial charge in [-0.2, -0.15) is 0 Å². The molecular formula is C31H55FN4O2. The summed E-state index contributed by atoms with van der Waals surface area (Å²) in [5.74, 6) is 0.301. The number of carbonyl (C=O) groups excluding carboxylic acids is 2. The second-order valence-electron chi connectivity index (χ2n) is 11.4. The number of rotatable bonds is 10. The molecule has 0 aromatic heterocycles. The summed E-state index contributed by atoms with van der Waals surface area (Å²) in [5.41, 5.74) is 2.35. The highest BCUT2D eigenvalue weighted by atomic mass is 19.1. The van der Waals surface area contributed by atoms with Crippen LogP contribution in [0.5, 0.6) is 0 Å². The minimum Gasteiger partial charge on any atom is -0.347 e. The van der Waals surface area contributed by atoms with Crippen molar-refractivity contribution in [1.29, 1.82) is 0 Å². The van der Waals surface area contributed by atoms with Crippen LogP contribution in [-0.4, -0.2) is 74.1 Å². The Hall–Kier alpha value is -2.28. The van der Waals surface area contributed by atoms with Gasteiger partial charge in [-0.25, -0.2) is 4.39 Å². The van der Waals surface area contributed by atoms with Gasteiger partial charge in [-0.3, -0.25) is 14.6 Å². The summed E-state index contributed by atoms with van der Waals surface area (Å²) in [6.07, 6.45) is 4.11. The molecule has 0 saturated heterocycles. The lowest BCUT2D eigenvalue weighted by Gasteiger charge is -2.24. The average molecular weight is 535 g/mol. The van der Waals surface area contributed by atoms with E-state index in [0.29, 0.717) is 12.0 Å². The molecule has 2 rings (SSSR count). The molecule has 1 aliphatic heterocycles. The lowest BCUT2D eigenvalue weighted by Crippen LogP contribution is -2.44. The van der Waals surface area contributed by atoms with E-state index in [1.54, 1.807) is 20.2 Å². The quantitative estimate of drug-likeness (QED) is 0.392. The van der Waals surface area contributed by atoms with Gasteiger partial charge in [0.05, 0.1) is 6.54 Å². The molecule has 1 aliphatic rings. The number of halogens is 1. The SMILES string of the molecule is CC(C)C.CCC.CCCCN(C)CC1CC(c2ccc(F)c(C(C)C)c2)=NC1C(=O)NCC(=O)N(C)C. The molecule has 0 spiro atoms. The van der Waals surface area contributed by atoms with Crippen molar-refractivity contribution in [1.82, 2.24) is 15.1 Å². The zero-order valence-electron chi connectivity index (χ0n) is 26.0. The first kappa shape index (κ1) is 35.7. The third-order valence-corrected chi connectivity index (χ3v) is 5.77. The van der Waals surface area contributed by atoms with Gasteiger partial charge in [-0.15, -0.1) is 0 Å². The van der Waals surface area contributed by atoms with Crippen LogP contribution >= 0.6 is 0 Å². The van der Waals surface area contributed by atoms with Crippen LogP contribution in [0.3, 0.4) is 0 Å². The van der Waals surface area contributed by atoms with Gasteiger partial charge in [0.2, 0.25) is 11.8 Å². The highest BCUT2D eigenvalue weighted by molar-refractivity contribution is 6.05. The minimum absolute atomic E-state index is 0.0128. The number of aliphatic imine (C=N–C) groups is 1. The maximum absolute atomic E-state index is 14.2. The molecule has 0 bridgehead atoms. The monoisotopic (exact) mass is 534 g/mol. The van der Waals surface area contributed by atoms with Crippen LogP contribution < -0.4 is 5.32 Å². The molecule has 1 N–H and O–H groups in total. The molecule has 1 aromatic carbocycles. The smallest absolute Gasteiger partial charge is 0.245 e. The number of hydrogen-bond acceptors (Lipinski definition) is 4. The molecule has 2 atom stereocenters. The first-order valence-electron chi connectivity index (χ1n) is 14.3. The predicted octanol–water partition coefficient (Wildman–Crippen LogP) is 6.14. The Balaban J connectivity index is 0.00000175. The van der Waals surface area contributed by atoms with Gasteiger partial charge < -0.3 is 15.1 Å². The molecule has 6 nitrogen and oxygen atoms in total. The summed E-state index contributed by atoms with van der Waals surface area (Å²) < 4.78 is 14.2. The fourth-order valence-electron chi connectivity index (χ4n) is 3.83. The Morgan fingerprint density at radius 3 is 2.16 bits per heavy atom. The highest BCUT2D eigenvalue weighted by Crippen LogP contribution is 2.28. The second-order valence-corrected chi connectivity index (χ2v) is 11.4. The van der Waals surface area contributed by atoms with Crippen LogP contribution in [0.4, 0.5) is 4.39 Å². The number of nitrogens with zero attached hydrogens (tertiary/aromatic N) is 3. The molecule has 0 aliphatic carbocycles. The highest BCUT2D eigenvalue weighted by Gasteiger charge is 2.36. The van der Waals surface area contributed by atoms with Gasteiger partial charge in [0, 0.05) is 32.3 Å². The number of nitrogens with one attached hydrogen (secondary N) is 1. The lowest BCUT2D eigenvalue weighted by atomic mass is 9.93. The fourth-order valence-corrected chi connectivity index (χ4v) is 3.83. The molecule has 2 amide bonds. The van der Waals surface area contributed by atoms with Crippen LogP contribution in [0, 0.1) is 17.7 Å². The van der Waals surface area contributed by atoms with Crippen LogP contribution in [-0.2, 0) is 9.59 Å².